The number of hydrogen-bond donors (Lipinski definition) is 1. The van der Waals surface area contributed by atoms with Gasteiger partial charge in [-0.3, -0.25) is 0 Å². The number of hydrogen-bond acceptors (Lipinski definition) is 5. The highest BCUT2D eigenvalue weighted by atomic mass is 19.1. The van der Waals surface area contributed by atoms with Gasteiger partial charge in [0.2, 0.25) is 0 Å². The van der Waals surface area contributed by atoms with E-state index in [4.69, 9.17) is 10.00 Å². The van der Waals surface area contributed by atoms with Crippen LogP contribution in [0.2, 0.25) is 0 Å². The van der Waals surface area contributed by atoms with E-state index in [0.29, 0.717) is 17.2 Å². The summed E-state index contributed by atoms with van der Waals surface area (Å²) in [4.78, 5) is 8.47. The molecule has 27 heavy (non-hydrogen) atoms. The zero-order valence-corrected chi connectivity index (χ0v) is 14.5. The molecule has 0 saturated carbocycles. The Morgan fingerprint density at radius 1 is 1.07 bits per heavy atom. The van der Waals surface area contributed by atoms with Crippen molar-refractivity contribution < 1.29 is 13.5 Å². The van der Waals surface area contributed by atoms with Crippen LogP contribution in [0.15, 0.2) is 48.8 Å². The average molecular weight is 366 g/mol. The van der Waals surface area contributed by atoms with E-state index in [-0.39, 0.29) is 11.5 Å². The Bertz CT molecular complexity index is 984. The summed E-state index contributed by atoms with van der Waals surface area (Å²) in [5.74, 6) is -0.526. The molecule has 0 unspecified atom stereocenters. The van der Waals surface area contributed by atoms with Gasteiger partial charge < -0.3 is 10.1 Å². The normalized spacial score (nSPS) is 10.3. The first-order chi connectivity index (χ1) is 13.1. The summed E-state index contributed by atoms with van der Waals surface area (Å²) in [6, 6.07) is 10.1. The summed E-state index contributed by atoms with van der Waals surface area (Å²) in [5, 5.41) is 11.8. The van der Waals surface area contributed by atoms with Crippen LogP contribution >= 0.6 is 0 Å². The van der Waals surface area contributed by atoms with Crippen LogP contribution in [0.25, 0.3) is 0 Å². The standard InChI is InChI=1S/C20H16F2N4O/c1-2-3-13-8-18(27-17-6-5-15(21)9-16(17)22)20(25-11-13)26-19-7-4-14(10-23)12-24-19/h4-9,11-12H,2-3H2,1H3,(H,24,25,26). The smallest absolute Gasteiger partial charge is 0.175 e. The first-order valence-electron chi connectivity index (χ1n) is 8.34. The minimum atomic E-state index is -0.807. The van der Waals surface area contributed by atoms with E-state index in [1.165, 1.54) is 12.3 Å². The van der Waals surface area contributed by atoms with E-state index in [2.05, 4.69) is 15.3 Å². The molecule has 1 N–H and O–H groups in total. The molecule has 1 aromatic carbocycles. The number of benzene rings is 1. The SMILES string of the molecule is CCCc1cnc(Nc2ccc(C#N)cn2)c(Oc2ccc(F)cc2F)c1. The number of pyridine rings is 2. The predicted octanol–water partition coefficient (Wildman–Crippen LogP) is 5.11. The van der Waals surface area contributed by atoms with Gasteiger partial charge in [-0.05, 0) is 42.3 Å². The molecule has 0 bridgehead atoms. The molecule has 0 aliphatic carbocycles. The van der Waals surface area contributed by atoms with Crippen molar-refractivity contribution in [2.24, 2.45) is 0 Å². The van der Waals surface area contributed by atoms with Gasteiger partial charge in [-0.2, -0.15) is 5.26 Å². The Labute approximate surface area is 155 Å². The minimum absolute atomic E-state index is 0.109. The van der Waals surface area contributed by atoms with Gasteiger partial charge in [0.1, 0.15) is 17.7 Å². The highest BCUT2D eigenvalue weighted by molar-refractivity contribution is 5.61. The van der Waals surface area contributed by atoms with Crippen molar-refractivity contribution >= 4 is 11.6 Å². The van der Waals surface area contributed by atoms with Crippen molar-refractivity contribution in [1.29, 1.82) is 5.26 Å². The summed E-state index contributed by atoms with van der Waals surface area (Å²) >= 11 is 0. The molecule has 0 radical (unpaired) electrons. The molecule has 0 atom stereocenters. The van der Waals surface area contributed by atoms with E-state index >= 15 is 0 Å². The van der Waals surface area contributed by atoms with E-state index in [1.54, 1.807) is 24.4 Å². The van der Waals surface area contributed by atoms with Crippen LogP contribution in [0.1, 0.15) is 24.5 Å². The molecule has 0 fully saturated rings. The molecule has 0 saturated heterocycles. The van der Waals surface area contributed by atoms with Crippen LogP contribution in [-0.4, -0.2) is 9.97 Å². The molecular formula is C20H16F2N4O. The second kappa shape index (κ2) is 8.23. The van der Waals surface area contributed by atoms with Gasteiger partial charge in [0, 0.05) is 18.5 Å². The monoisotopic (exact) mass is 366 g/mol. The fourth-order valence-corrected chi connectivity index (χ4v) is 2.41. The Morgan fingerprint density at radius 3 is 2.59 bits per heavy atom. The van der Waals surface area contributed by atoms with Crippen LogP contribution in [0.3, 0.4) is 0 Å². The quantitative estimate of drug-likeness (QED) is 0.656. The Hall–Kier alpha value is -3.53. The molecule has 5 nitrogen and oxygen atoms in total. The summed E-state index contributed by atoms with van der Waals surface area (Å²) in [5.41, 5.74) is 1.35. The second-order valence-corrected chi connectivity index (χ2v) is 5.79. The van der Waals surface area contributed by atoms with Crippen LogP contribution in [-0.2, 0) is 6.42 Å². The van der Waals surface area contributed by atoms with Crippen molar-refractivity contribution in [2.45, 2.75) is 19.8 Å². The third kappa shape index (κ3) is 4.55. The molecule has 0 aliphatic rings. The first kappa shape index (κ1) is 18.3. The molecule has 0 amide bonds. The molecule has 7 heteroatoms. The highest BCUT2D eigenvalue weighted by Gasteiger charge is 2.13. The third-order valence-corrected chi connectivity index (χ3v) is 3.70. The maximum absolute atomic E-state index is 14.0. The summed E-state index contributed by atoms with van der Waals surface area (Å²) < 4.78 is 32.8. The van der Waals surface area contributed by atoms with Gasteiger partial charge in [-0.25, -0.2) is 18.7 Å². The van der Waals surface area contributed by atoms with Crippen molar-refractivity contribution in [1.82, 2.24) is 9.97 Å². The maximum atomic E-state index is 14.0. The molecule has 0 spiro atoms. The van der Waals surface area contributed by atoms with Crippen LogP contribution in [0.5, 0.6) is 11.5 Å². The zero-order chi connectivity index (χ0) is 19.2. The van der Waals surface area contributed by atoms with Crippen LogP contribution < -0.4 is 10.1 Å². The number of nitrogens with one attached hydrogen (secondary N) is 1. The van der Waals surface area contributed by atoms with E-state index in [9.17, 15) is 8.78 Å². The molecule has 3 rings (SSSR count). The number of nitrogens with zero attached hydrogens (tertiary/aromatic N) is 3. The number of halogens is 2. The topological polar surface area (TPSA) is 70.8 Å². The number of rotatable bonds is 6. The number of aromatic nitrogens is 2. The average Bonchev–Trinajstić information content (AvgIpc) is 2.67. The van der Waals surface area contributed by atoms with Crippen LogP contribution in [0, 0.1) is 23.0 Å². The minimum Gasteiger partial charge on any atom is -0.450 e. The van der Waals surface area contributed by atoms with Crippen molar-refractivity contribution in [3.05, 3.63) is 71.6 Å². The fraction of sp³-hybridized carbons (Fsp3) is 0.150. The van der Waals surface area contributed by atoms with Crippen molar-refractivity contribution in [3.63, 3.8) is 0 Å². The molecule has 2 heterocycles. The lowest BCUT2D eigenvalue weighted by Crippen LogP contribution is -2.01. The van der Waals surface area contributed by atoms with E-state index in [0.717, 1.165) is 30.5 Å². The first-order valence-corrected chi connectivity index (χ1v) is 8.34. The molecule has 2 aromatic heterocycles. The summed E-state index contributed by atoms with van der Waals surface area (Å²) in [6.07, 6.45) is 4.82. The second-order valence-electron chi connectivity index (χ2n) is 5.79. The molecule has 0 aliphatic heterocycles. The summed E-state index contributed by atoms with van der Waals surface area (Å²) in [7, 11) is 0. The third-order valence-electron chi connectivity index (χ3n) is 3.70. The van der Waals surface area contributed by atoms with Crippen molar-refractivity contribution in [2.75, 3.05) is 5.32 Å². The van der Waals surface area contributed by atoms with Gasteiger partial charge in [0.25, 0.3) is 0 Å². The van der Waals surface area contributed by atoms with E-state index in [1.807, 2.05) is 13.0 Å². The number of aryl methyl sites for hydroxylation is 1. The lowest BCUT2D eigenvalue weighted by molar-refractivity contribution is 0.437. The van der Waals surface area contributed by atoms with Crippen LogP contribution in [0.4, 0.5) is 20.4 Å². The number of nitriles is 1. The predicted molar refractivity (Wildman–Crippen MR) is 96.9 cm³/mol. The molecule has 3 aromatic rings. The maximum Gasteiger partial charge on any atom is 0.175 e. The van der Waals surface area contributed by atoms with Gasteiger partial charge in [0.15, 0.2) is 23.1 Å². The van der Waals surface area contributed by atoms with Gasteiger partial charge in [-0.1, -0.05) is 13.3 Å². The zero-order valence-electron chi connectivity index (χ0n) is 14.5. The fourth-order valence-electron chi connectivity index (χ4n) is 2.41. The molecular weight excluding hydrogens is 350 g/mol. The van der Waals surface area contributed by atoms with Gasteiger partial charge in [0.05, 0.1) is 5.56 Å². The number of anilines is 2. The number of ether oxygens (including phenoxy) is 1. The van der Waals surface area contributed by atoms with E-state index < -0.39 is 11.6 Å². The molecule has 136 valence electrons. The van der Waals surface area contributed by atoms with Crippen molar-refractivity contribution in [3.8, 4) is 17.6 Å². The van der Waals surface area contributed by atoms with Gasteiger partial charge in [-0.15, -0.1) is 0 Å². The highest BCUT2D eigenvalue weighted by Crippen LogP contribution is 2.32. The Balaban J connectivity index is 1.93. The Kier molecular flexibility index (Phi) is 5.57. The largest absolute Gasteiger partial charge is 0.450 e. The lowest BCUT2D eigenvalue weighted by atomic mass is 10.1. The van der Waals surface area contributed by atoms with Gasteiger partial charge >= 0.3 is 0 Å². The lowest BCUT2D eigenvalue weighted by Gasteiger charge is -2.13. The Morgan fingerprint density at radius 2 is 1.93 bits per heavy atom. The summed E-state index contributed by atoms with van der Waals surface area (Å²) in [6.45, 7) is 2.03.